The zero-order valence-corrected chi connectivity index (χ0v) is 19.3. The highest BCUT2D eigenvalue weighted by molar-refractivity contribution is 6.43. The third-order valence-corrected chi connectivity index (χ3v) is 6.84. The molecule has 1 unspecified atom stereocenters. The standard InChI is InChI=1S/C22H10Cl4N4O3/c23-12-5-1-3-9(16(12)25)7-14-21(31)32-19-11(8-27)15(10-4-2-6-13(24)17(10)26)18-20(30(14)19)33-22(28)29-18/h1-7,15H,(H2,28,29)/b14-7+. The highest BCUT2D eigenvalue weighted by Crippen LogP contribution is 2.42. The number of benzene rings is 2. The van der Waals surface area contributed by atoms with Crippen LogP contribution in [0, 0.1) is 11.3 Å². The van der Waals surface area contributed by atoms with Gasteiger partial charge in [0.25, 0.3) is 6.01 Å². The summed E-state index contributed by atoms with van der Waals surface area (Å²) in [5.41, 5.74) is 6.39. The molecule has 2 aromatic carbocycles. The third kappa shape index (κ3) is 3.35. The second kappa shape index (κ2) is 8.01. The zero-order chi connectivity index (χ0) is 23.4. The lowest BCUT2D eigenvalue weighted by Crippen LogP contribution is -2.35. The largest absolute Gasteiger partial charge is 0.406 e. The number of rotatable bonds is 2. The van der Waals surface area contributed by atoms with E-state index in [9.17, 15) is 10.1 Å². The van der Waals surface area contributed by atoms with Crippen molar-refractivity contribution < 1.29 is 8.83 Å². The first kappa shape index (κ1) is 21.7. The van der Waals surface area contributed by atoms with Gasteiger partial charge in [-0.15, -0.1) is 0 Å². The van der Waals surface area contributed by atoms with Gasteiger partial charge in [0.2, 0.25) is 11.4 Å². The first-order chi connectivity index (χ1) is 15.8. The number of fused-ring (bicyclic) bond motifs is 3. The highest BCUT2D eigenvalue weighted by atomic mass is 35.5. The second-order valence-corrected chi connectivity index (χ2v) is 8.62. The Hall–Kier alpha value is -3.15. The van der Waals surface area contributed by atoms with Crippen LogP contribution < -0.4 is 22.3 Å². The van der Waals surface area contributed by atoms with E-state index >= 15 is 0 Å². The number of aromatic nitrogens is 2. The number of nitrogen functional groups attached to an aromatic ring is 1. The van der Waals surface area contributed by atoms with E-state index in [0.29, 0.717) is 16.1 Å². The molecular formula is C22H10Cl4N4O3. The van der Waals surface area contributed by atoms with Crippen LogP contribution in [0.25, 0.3) is 17.5 Å². The normalized spacial score (nSPS) is 15.3. The van der Waals surface area contributed by atoms with Crippen molar-refractivity contribution in [1.29, 1.82) is 5.26 Å². The Morgan fingerprint density at radius 2 is 1.76 bits per heavy atom. The molecule has 2 aromatic heterocycles. The number of hydrogen-bond donors (Lipinski definition) is 1. The van der Waals surface area contributed by atoms with Crippen LogP contribution in [0.2, 0.25) is 20.1 Å². The lowest BCUT2D eigenvalue weighted by Gasteiger charge is -2.20. The molecule has 1 aliphatic rings. The predicted octanol–water partition coefficient (Wildman–Crippen LogP) is 4.26. The van der Waals surface area contributed by atoms with Crippen LogP contribution >= 0.6 is 46.4 Å². The number of anilines is 1. The Bertz CT molecular complexity index is 1680. The van der Waals surface area contributed by atoms with Gasteiger partial charge in [0, 0.05) is 0 Å². The Labute approximate surface area is 205 Å². The topological polar surface area (TPSA) is 111 Å². The van der Waals surface area contributed by atoms with Crippen LogP contribution in [0.1, 0.15) is 22.7 Å². The molecule has 0 radical (unpaired) electrons. The number of nitriles is 1. The van der Waals surface area contributed by atoms with E-state index in [0.717, 1.165) is 0 Å². The molecule has 0 saturated carbocycles. The zero-order valence-electron chi connectivity index (χ0n) is 16.3. The van der Waals surface area contributed by atoms with Crippen molar-refractivity contribution in [3.05, 3.63) is 94.6 Å². The van der Waals surface area contributed by atoms with Crippen LogP contribution in [0.3, 0.4) is 0 Å². The minimum absolute atomic E-state index is 0.0370. The Balaban J connectivity index is 1.92. The van der Waals surface area contributed by atoms with E-state index in [4.69, 9.17) is 61.0 Å². The molecule has 0 amide bonds. The Morgan fingerprint density at radius 3 is 2.48 bits per heavy atom. The number of halogens is 4. The van der Waals surface area contributed by atoms with Gasteiger partial charge in [0.05, 0.1) is 26.0 Å². The molecule has 33 heavy (non-hydrogen) atoms. The van der Waals surface area contributed by atoms with E-state index in [1.807, 2.05) is 0 Å². The van der Waals surface area contributed by atoms with E-state index in [1.54, 1.807) is 36.4 Å². The molecular weight excluding hydrogens is 510 g/mol. The van der Waals surface area contributed by atoms with E-state index in [1.165, 1.54) is 10.6 Å². The fraction of sp³-hybridized carbons (Fsp3) is 0.0455. The molecule has 7 nitrogen and oxygen atoms in total. The molecule has 2 N–H and O–H groups in total. The van der Waals surface area contributed by atoms with Gasteiger partial charge in [-0.25, -0.2) is 9.36 Å². The van der Waals surface area contributed by atoms with Crippen LogP contribution in [-0.4, -0.2) is 9.55 Å². The van der Waals surface area contributed by atoms with Crippen LogP contribution in [0.5, 0.6) is 0 Å². The van der Waals surface area contributed by atoms with Gasteiger partial charge in [0.1, 0.15) is 22.7 Å². The lowest BCUT2D eigenvalue weighted by molar-refractivity contribution is 0.455. The molecule has 5 rings (SSSR count). The molecule has 0 bridgehead atoms. The maximum Gasteiger partial charge on any atom is 0.362 e. The molecule has 0 fully saturated rings. The summed E-state index contributed by atoms with van der Waals surface area (Å²) in [5.74, 6) is -0.719. The van der Waals surface area contributed by atoms with Crippen molar-refractivity contribution >= 4 is 64.1 Å². The molecule has 164 valence electrons. The minimum atomic E-state index is -0.828. The van der Waals surface area contributed by atoms with Crippen molar-refractivity contribution in [2.24, 2.45) is 0 Å². The fourth-order valence-corrected chi connectivity index (χ4v) is 4.55. The van der Waals surface area contributed by atoms with Gasteiger partial charge < -0.3 is 14.6 Å². The molecule has 1 atom stereocenters. The number of oxazole rings is 2. The maximum absolute atomic E-state index is 12.9. The second-order valence-electron chi connectivity index (χ2n) is 7.05. The third-order valence-electron chi connectivity index (χ3n) is 5.18. The average Bonchev–Trinajstić information content (AvgIpc) is 3.32. The van der Waals surface area contributed by atoms with E-state index in [2.05, 4.69) is 11.1 Å². The summed E-state index contributed by atoms with van der Waals surface area (Å²) < 4.78 is 12.5. The molecule has 11 heteroatoms. The van der Waals surface area contributed by atoms with Crippen molar-refractivity contribution in [2.45, 2.75) is 5.92 Å². The van der Waals surface area contributed by atoms with Crippen LogP contribution in [0.15, 0.2) is 50.0 Å². The summed E-state index contributed by atoms with van der Waals surface area (Å²) in [6, 6.07) is 11.9. The quantitative estimate of drug-likeness (QED) is 0.423. The maximum atomic E-state index is 12.9. The minimum Gasteiger partial charge on any atom is -0.406 e. The summed E-state index contributed by atoms with van der Waals surface area (Å²) in [5, 5.41) is 11.2. The summed E-state index contributed by atoms with van der Waals surface area (Å²) in [6.45, 7) is 0. The van der Waals surface area contributed by atoms with Gasteiger partial charge in [-0.2, -0.15) is 10.2 Å². The fourth-order valence-electron chi connectivity index (χ4n) is 3.77. The van der Waals surface area contributed by atoms with Crippen molar-refractivity contribution in [3.63, 3.8) is 0 Å². The van der Waals surface area contributed by atoms with Crippen molar-refractivity contribution in [2.75, 3.05) is 5.73 Å². The highest BCUT2D eigenvalue weighted by Gasteiger charge is 2.37. The molecule has 0 spiro atoms. The van der Waals surface area contributed by atoms with Gasteiger partial charge >= 0.3 is 5.63 Å². The predicted molar refractivity (Wildman–Crippen MR) is 125 cm³/mol. The summed E-state index contributed by atoms with van der Waals surface area (Å²) in [6.07, 6.45) is 1.48. The van der Waals surface area contributed by atoms with E-state index in [-0.39, 0.29) is 49.1 Å². The Morgan fingerprint density at radius 1 is 1.06 bits per heavy atom. The molecule has 1 aliphatic heterocycles. The van der Waals surface area contributed by atoms with Crippen LogP contribution in [0.4, 0.5) is 6.01 Å². The van der Waals surface area contributed by atoms with Crippen molar-refractivity contribution in [3.8, 4) is 12.0 Å². The van der Waals surface area contributed by atoms with Crippen LogP contribution in [-0.2, 0) is 0 Å². The van der Waals surface area contributed by atoms with Gasteiger partial charge in [-0.05, 0) is 29.3 Å². The van der Waals surface area contributed by atoms with Crippen molar-refractivity contribution in [1.82, 2.24) is 9.55 Å². The Kier molecular flexibility index (Phi) is 5.26. The monoisotopic (exact) mass is 518 g/mol. The smallest absolute Gasteiger partial charge is 0.362 e. The summed E-state index contributed by atoms with van der Waals surface area (Å²) >= 11 is 25.1. The molecule has 0 saturated heterocycles. The SMILES string of the molecule is N#CC1=c2oc(=O)/c(=C\c3cccc(Cl)c3Cl)n2-c2oc(N)nc2C1c1cccc(Cl)c1Cl. The first-order valence-electron chi connectivity index (χ1n) is 9.34. The van der Waals surface area contributed by atoms with Gasteiger partial charge in [-0.3, -0.25) is 0 Å². The number of nitrogens with two attached hydrogens (primary N) is 1. The molecule has 0 aliphatic carbocycles. The average molecular weight is 520 g/mol. The van der Waals surface area contributed by atoms with Gasteiger partial charge in [-0.1, -0.05) is 70.7 Å². The summed E-state index contributed by atoms with van der Waals surface area (Å²) in [4.78, 5) is 17.2. The molecule has 3 heterocycles. The van der Waals surface area contributed by atoms with Gasteiger partial charge in [0.15, 0.2) is 0 Å². The molecule has 4 aromatic rings. The number of nitrogens with zero attached hydrogens (tertiary/aromatic N) is 3. The first-order valence-corrected chi connectivity index (χ1v) is 10.9. The lowest BCUT2D eigenvalue weighted by atomic mass is 9.87. The van der Waals surface area contributed by atoms with E-state index < -0.39 is 11.5 Å². The summed E-state index contributed by atoms with van der Waals surface area (Å²) in [7, 11) is 0. The number of hydrogen-bond acceptors (Lipinski definition) is 6.